The quantitative estimate of drug-likeness (QED) is 0.493. The molecule has 5 nitrogen and oxygen atoms in total. The Morgan fingerprint density at radius 1 is 0.875 bits per heavy atom. The summed E-state index contributed by atoms with van der Waals surface area (Å²) in [5.41, 5.74) is 0. The van der Waals surface area contributed by atoms with Crippen molar-refractivity contribution in [3.63, 3.8) is 0 Å². The zero-order chi connectivity index (χ0) is 12.1. The SMILES string of the molecule is CCNC(COCCOC)COCCOC. The molecule has 0 unspecified atom stereocenters. The van der Waals surface area contributed by atoms with E-state index in [1.54, 1.807) is 14.2 Å². The summed E-state index contributed by atoms with van der Waals surface area (Å²) in [7, 11) is 3.33. The Hall–Kier alpha value is -0.200. The molecule has 0 rings (SSSR count). The van der Waals surface area contributed by atoms with Gasteiger partial charge in [0, 0.05) is 14.2 Å². The molecule has 0 aromatic carbocycles. The second kappa shape index (κ2) is 12.9. The van der Waals surface area contributed by atoms with Gasteiger partial charge in [0.25, 0.3) is 0 Å². The van der Waals surface area contributed by atoms with Gasteiger partial charge in [0.1, 0.15) is 0 Å². The largest absolute Gasteiger partial charge is 0.382 e. The first-order valence-corrected chi connectivity index (χ1v) is 5.71. The summed E-state index contributed by atoms with van der Waals surface area (Å²) in [5.74, 6) is 0. The second-order valence-electron chi connectivity index (χ2n) is 3.39. The summed E-state index contributed by atoms with van der Waals surface area (Å²) in [6, 6.07) is 0.235. The van der Waals surface area contributed by atoms with E-state index < -0.39 is 0 Å². The molecule has 0 aliphatic rings. The average molecular weight is 235 g/mol. The fourth-order valence-corrected chi connectivity index (χ4v) is 1.19. The minimum absolute atomic E-state index is 0.235. The first-order chi connectivity index (χ1) is 7.85. The highest BCUT2D eigenvalue weighted by Gasteiger charge is 2.07. The number of rotatable bonds is 12. The monoisotopic (exact) mass is 235 g/mol. The third kappa shape index (κ3) is 10.3. The Bertz CT molecular complexity index is 123. The lowest BCUT2D eigenvalue weighted by Gasteiger charge is -2.17. The molecule has 16 heavy (non-hydrogen) atoms. The molecule has 0 fully saturated rings. The predicted octanol–water partition coefficient (Wildman–Crippen LogP) is 0.291. The van der Waals surface area contributed by atoms with Crippen LogP contribution < -0.4 is 5.32 Å². The first kappa shape index (κ1) is 15.8. The van der Waals surface area contributed by atoms with Gasteiger partial charge in [0.15, 0.2) is 0 Å². The Kier molecular flexibility index (Phi) is 12.7. The fourth-order valence-electron chi connectivity index (χ4n) is 1.19. The van der Waals surface area contributed by atoms with Crippen LogP contribution >= 0.6 is 0 Å². The molecule has 0 amide bonds. The van der Waals surface area contributed by atoms with E-state index in [9.17, 15) is 0 Å². The van der Waals surface area contributed by atoms with Crippen LogP contribution in [-0.2, 0) is 18.9 Å². The molecule has 0 atom stereocenters. The molecule has 1 N–H and O–H groups in total. The van der Waals surface area contributed by atoms with Gasteiger partial charge in [-0.2, -0.15) is 0 Å². The van der Waals surface area contributed by atoms with Gasteiger partial charge in [-0.1, -0.05) is 6.92 Å². The van der Waals surface area contributed by atoms with Crippen LogP contribution in [0.5, 0.6) is 0 Å². The third-order valence-corrected chi connectivity index (χ3v) is 1.99. The first-order valence-electron chi connectivity index (χ1n) is 5.71. The van der Waals surface area contributed by atoms with Gasteiger partial charge in [0.05, 0.1) is 45.7 Å². The molecule has 5 heteroatoms. The summed E-state index contributed by atoms with van der Waals surface area (Å²) >= 11 is 0. The van der Waals surface area contributed by atoms with Crippen LogP contribution in [0.3, 0.4) is 0 Å². The highest BCUT2D eigenvalue weighted by atomic mass is 16.5. The van der Waals surface area contributed by atoms with E-state index in [4.69, 9.17) is 18.9 Å². The molecule has 0 aromatic heterocycles. The van der Waals surface area contributed by atoms with Crippen LogP contribution in [-0.4, -0.2) is 66.4 Å². The van der Waals surface area contributed by atoms with E-state index in [1.807, 2.05) is 0 Å². The topological polar surface area (TPSA) is 49.0 Å². The highest BCUT2D eigenvalue weighted by Crippen LogP contribution is 1.89. The molecule has 0 radical (unpaired) electrons. The van der Waals surface area contributed by atoms with Crippen LogP contribution in [0.4, 0.5) is 0 Å². The lowest BCUT2D eigenvalue weighted by atomic mass is 10.3. The maximum atomic E-state index is 5.45. The van der Waals surface area contributed by atoms with Crippen LogP contribution in [0.2, 0.25) is 0 Å². The Morgan fingerprint density at radius 3 is 1.75 bits per heavy atom. The Balaban J connectivity index is 3.45. The molecular formula is C11H25NO4. The minimum atomic E-state index is 0.235. The van der Waals surface area contributed by atoms with E-state index in [-0.39, 0.29) is 6.04 Å². The molecule has 98 valence electrons. The smallest absolute Gasteiger partial charge is 0.0701 e. The summed E-state index contributed by atoms with van der Waals surface area (Å²) in [6.45, 7) is 6.76. The van der Waals surface area contributed by atoms with Crippen LogP contribution in [0.1, 0.15) is 6.92 Å². The summed E-state index contributed by atoms with van der Waals surface area (Å²) in [5, 5.41) is 3.30. The zero-order valence-corrected chi connectivity index (χ0v) is 10.7. The van der Waals surface area contributed by atoms with Gasteiger partial charge in [-0.25, -0.2) is 0 Å². The molecule has 0 bridgehead atoms. The van der Waals surface area contributed by atoms with Crippen molar-refractivity contribution in [1.29, 1.82) is 0 Å². The molecule has 0 aromatic rings. The van der Waals surface area contributed by atoms with Crippen LogP contribution in [0, 0.1) is 0 Å². The van der Waals surface area contributed by atoms with Crippen molar-refractivity contribution < 1.29 is 18.9 Å². The number of hydrogen-bond acceptors (Lipinski definition) is 5. The molecule has 0 aliphatic carbocycles. The van der Waals surface area contributed by atoms with Gasteiger partial charge < -0.3 is 24.3 Å². The van der Waals surface area contributed by atoms with Crippen molar-refractivity contribution in [3.8, 4) is 0 Å². The zero-order valence-electron chi connectivity index (χ0n) is 10.7. The van der Waals surface area contributed by atoms with Crippen molar-refractivity contribution in [2.75, 3.05) is 60.4 Å². The van der Waals surface area contributed by atoms with Gasteiger partial charge in [-0.15, -0.1) is 0 Å². The van der Waals surface area contributed by atoms with Crippen molar-refractivity contribution in [1.82, 2.24) is 5.32 Å². The average Bonchev–Trinajstić information content (AvgIpc) is 2.30. The molecule has 0 saturated carbocycles. The maximum absolute atomic E-state index is 5.45. The van der Waals surface area contributed by atoms with Gasteiger partial charge in [-0.3, -0.25) is 0 Å². The lowest BCUT2D eigenvalue weighted by molar-refractivity contribution is 0.0203. The van der Waals surface area contributed by atoms with Gasteiger partial charge in [0.2, 0.25) is 0 Å². The van der Waals surface area contributed by atoms with Crippen LogP contribution in [0.25, 0.3) is 0 Å². The molecule has 0 aliphatic heterocycles. The number of hydrogen-bond donors (Lipinski definition) is 1. The van der Waals surface area contributed by atoms with E-state index in [0.717, 1.165) is 6.54 Å². The lowest BCUT2D eigenvalue weighted by Crippen LogP contribution is -2.38. The van der Waals surface area contributed by atoms with E-state index in [2.05, 4.69) is 12.2 Å². The second-order valence-corrected chi connectivity index (χ2v) is 3.39. The van der Waals surface area contributed by atoms with Crippen molar-refractivity contribution >= 4 is 0 Å². The molecule has 0 saturated heterocycles. The molecule has 0 heterocycles. The molecular weight excluding hydrogens is 210 g/mol. The summed E-state index contributed by atoms with van der Waals surface area (Å²) < 4.78 is 20.7. The number of nitrogens with one attached hydrogen (secondary N) is 1. The summed E-state index contributed by atoms with van der Waals surface area (Å²) in [4.78, 5) is 0. The van der Waals surface area contributed by atoms with Crippen LogP contribution in [0.15, 0.2) is 0 Å². The molecule has 0 spiro atoms. The van der Waals surface area contributed by atoms with Crippen molar-refractivity contribution in [2.24, 2.45) is 0 Å². The van der Waals surface area contributed by atoms with Gasteiger partial charge in [-0.05, 0) is 6.54 Å². The Morgan fingerprint density at radius 2 is 1.38 bits per heavy atom. The van der Waals surface area contributed by atoms with Crippen molar-refractivity contribution in [2.45, 2.75) is 13.0 Å². The fraction of sp³-hybridized carbons (Fsp3) is 1.00. The maximum Gasteiger partial charge on any atom is 0.0701 e. The van der Waals surface area contributed by atoms with E-state index in [0.29, 0.717) is 39.6 Å². The number of methoxy groups -OCH3 is 2. The van der Waals surface area contributed by atoms with Crippen molar-refractivity contribution in [3.05, 3.63) is 0 Å². The normalized spacial score (nSPS) is 11.2. The van der Waals surface area contributed by atoms with E-state index in [1.165, 1.54) is 0 Å². The predicted molar refractivity (Wildman–Crippen MR) is 62.9 cm³/mol. The van der Waals surface area contributed by atoms with E-state index >= 15 is 0 Å². The standard InChI is InChI=1S/C11H25NO4/c1-4-12-11(9-15-7-5-13-2)10-16-8-6-14-3/h11-12H,4-10H2,1-3H3. The number of ether oxygens (including phenoxy) is 4. The minimum Gasteiger partial charge on any atom is -0.382 e. The Labute approximate surface area is 98.4 Å². The third-order valence-electron chi connectivity index (χ3n) is 1.99. The highest BCUT2D eigenvalue weighted by molar-refractivity contribution is 4.63. The summed E-state index contributed by atoms with van der Waals surface area (Å²) in [6.07, 6.45) is 0. The van der Waals surface area contributed by atoms with Gasteiger partial charge >= 0.3 is 0 Å². The number of likely N-dealkylation sites (N-methyl/N-ethyl adjacent to an activating group) is 1.